The summed E-state index contributed by atoms with van der Waals surface area (Å²) in [5, 5.41) is 3.48. The summed E-state index contributed by atoms with van der Waals surface area (Å²) in [5.41, 5.74) is 3.05. The minimum Gasteiger partial charge on any atom is -0.309 e. The third kappa shape index (κ3) is 3.60. The number of aromatic nitrogens is 1. The normalized spacial score (nSPS) is 12.7. The van der Waals surface area contributed by atoms with Gasteiger partial charge in [-0.25, -0.2) is 4.98 Å². The van der Waals surface area contributed by atoms with Crippen LogP contribution in [0.15, 0.2) is 18.2 Å². The molecule has 0 spiro atoms. The third-order valence-corrected chi connectivity index (χ3v) is 3.19. The van der Waals surface area contributed by atoms with Gasteiger partial charge in [0.15, 0.2) is 0 Å². The molecule has 1 unspecified atom stereocenters. The molecule has 0 saturated carbocycles. The fourth-order valence-electron chi connectivity index (χ4n) is 1.23. The van der Waals surface area contributed by atoms with Crippen LogP contribution < -0.4 is 5.32 Å². The van der Waals surface area contributed by atoms with Gasteiger partial charge in [-0.15, -0.1) is 17.9 Å². The van der Waals surface area contributed by atoms with Gasteiger partial charge < -0.3 is 5.32 Å². The van der Waals surface area contributed by atoms with Crippen LogP contribution in [0.5, 0.6) is 0 Å². The van der Waals surface area contributed by atoms with E-state index in [0.717, 1.165) is 25.1 Å². The average Bonchev–Trinajstić information content (AvgIpc) is 2.58. The standard InChI is InChI=1S/C11H18N2S/c1-4-5-6-9(2)12-7-11-10(3)13-8-14-11/h4,8-9,12H,1,5-7H2,2-3H3. The highest BCUT2D eigenvalue weighted by Gasteiger charge is 2.03. The van der Waals surface area contributed by atoms with Gasteiger partial charge in [0.25, 0.3) is 0 Å². The second-order valence-corrected chi connectivity index (χ2v) is 4.45. The second kappa shape index (κ2) is 5.94. The van der Waals surface area contributed by atoms with Gasteiger partial charge in [0.2, 0.25) is 0 Å². The number of rotatable bonds is 6. The molecule has 0 aliphatic heterocycles. The van der Waals surface area contributed by atoms with Gasteiger partial charge >= 0.3 is 0 Å². The lowest BCUT2D eigenvalue weighted by molar-refractivity contribution is 0.520. The van der Waals surface area contributed by atoms with Crippen LogP contribution in [-0.4, -0.2) is 11.0 Å². The topological polar surface area (TPSA) is 24.9 Å². The van der Waals surface area contributed by atoms with E-state index in [4.69, 9.17) is 0 Å². The van der Waals surface area contributed by atoms with Gasteiger partial charge in [-0.05, 0) is 26.7 Å². The Labute approximate surface area is 90.1 Å². The zero-order valence-corrected chi connectivity index (χ0v) is 9.73. The Kier molecular flexibility index (Phi) is 4.84. The molecule has 0 aliphatic rings. The van der Waals surface area contributed by atoms with E-state index < -0.39 is 0 Å². The lowest BCUT2D eigenvalue weighted by Gasteiger charge is -2.11. The molecule has 14 heavy (non-hydrogen) atoms. The zero-order valence-electron chi connectivity index (χ0n) is 8.92. The largest absolute Gasteiger partial charge is 0.309 e. The fourth-order valence-corrected chi connectivity index (χ4v) is 1.96. The van der Waals surface area contributed by atoms with Crippen molar-refractivity contribution < 1.29 is 0 Å². The van der Waals surface area contributed by atoms with Crippen LogP contribution in [0.4, 0.5) is 0 Å². The van der Waals surface area contributed by atoms with Crippen LogP contribution in [0.2, 0.25) is 0 Å². The summed E-state index contributed by atoms with van der Waals surface area (Å²) in [5.74, 6) is 0. The molecule has 3 heteroatoms. The summed E-state index contributed by atoms with van der Waals surface area (Å²) in [4.78, 5) is 5.56. The Hall–Kier alpha value is -0.670. The molecule has 78 valence electrons. The van der Waals surface area contributed by atoms with Crippen molar-refractivity contribution in [3.05, 3.63) is 28.7 Å². The van der Waals surface area contributed by atoms with E-state index >= 15 is 0 Å². The molecule has 1 N–H and O–H groups in total. The van der Waals surface area contributed by atoms with Gasteiger partial charge in [-0.3, -0.25) is 0 Å². The highest BCUT2D eigenvalue weighted by Crippen LogP contribution is 2.11. The predicted molar refractivity (Wildman–Crippen MR) is 62.6 cm³/mol. The third-order valence-electron chi connectivity index (χ3n) is 2.26. The quantitative estimate of drug-likeness (QED) is 0.730. The first kappa shape index (κ1) is 11.4. The fraction of sp³-hybridized carbons (Fsp3) is 0.545. The highest BCUT2D eigenvalue weighted by atomic mass is 32.1. The molecule has 1 rings (SSSR count). The Balaban J connectivity index is 2.26. The molecule has 0 aliphatic carbocycles. The summed E-state index contributed by atoms with van der Waals surface area (Å²) < 4.78 is 0. The second-order valence-electron chi connectivity index (χ2n) is 3.51. The Morgan fingerprint density at radius 1 is 1.71 bits per heavy atom. The van der Waals surface area contributed by atoms with Crippen molar-refractivity contribution in [2.24, 2.45) is 0 Å². The first-order valence-corrected chi connectivity index (χ1v) is 5.85. The number of nitrogens with zero attached hydrogens (tertiary/aromatic N) is 1. The molecular weight excluding hydrogens is 192 g/mol. The van der Waals surface area contributed by atoms with Crippen molar-refractivity contribution >= 4 is 11.3 Å². The summed E-state index contributed by atoms with van der Waals surface area (Å²) in [6.45, 7) is 8.93. The van der Waals surface area contributed by atoms with E-state index in [2.05, 4.69) is 30.7 Å². The number of allylic oxidation sites excluding steroid dienone is 1. The Morgan fingerprint density at radius 3 is 3.07 bits per heavy atom. The van der Waals surface area contributed by atoms with Crippen LogP contribution in [0.1, 0.15) is 30.3 Å². The summed E-state index contributed by atoms with van der Waals surface area (Å²) in [7, 11) is 0. The predicted octanol–water partition coefficient (Wildman–Crippen LogP) is 2.90. The van der Waals surface area contributed by atoms with Gasteiger partial charge in [0.1, 0.15) is 0 Å². The maximum absolute atomic E-state index is 4.22. The van der Waals surface area contributed by atoms with Crippen molar-refractivity contribution in [1.29, 1.82) is 0 Å². The lowest BCUT2D eigenvalue weighted by Crippen LogP contribution is -2.25. The molecule has 0 radical (unpaired) electrons. The molecule has 0 saturated heterocycles. The smallest absolute Gasteiger partial charge is 0.0798 e. The Bertz CT molecular complexity index is 281. The first-order chi connectivity index (χ1) is 6.74. The minimum atomic E-state index is 0.550. The molecule has 1 aromatic heterocycles. The van der Waals surface area contributed by atoms with Crippen LogP contribution in [0.3, 0.4) is 0 Å². The van der Waals surface area contributed by atoms with Gasteiger partial charge in [-0.1, -0.05) is 6.08 Å². The van der Waals surface area contributed by atoms with E-state index in [9.17, 15) is 0 Å². The van der Waals surface area contributed by atoms with Crippen molar-refractivity contribution in [1.82, 2.24) is 10.3 Å². The zero-order chi connectivity index (χ0) is 10.4. The SMILES string of the molecule is C=CCCC(C)NCc1scnc1C. The van der Waals surface area contributed by atoms with E-state index in [1.165, 1.54) is 4.88 Å². The van der Waals surface area contributed by atoms with Crippen LogP contribution in [0.25, 0.3) is 0 Å². The number of aryl methyl sites for hydroxylation is 1. The van der Waals surface area contributed by atoms with E-state index in [-0.39, 0.29) is 0 Å². The van der Waals surface area contributed by atoms with Gasteiger partial charge in [0.05, 0.1) is 11.2 Å². The molecule has 0 bridgehead atoms. The monoisotopic (exact) mass is 210 g/mol. The Morgan fingerprint density at radius 2 is 2.50 bits per heavy atom. The molecule has 2 nitrogen and oxygen atoms in total. The molecule has 0 aromatic carbocycles. The molecule has 0 fully saturated rings. The summed E-state index contributed by atoms with van der Waals surface area (Å²) in [6.07, 6.45) is 4.20. The molecular formula is C11H18N2S. The van der Waals surface area contributed by atoms with E-state index in [0.29, 0.717) is 6.04 Å². The maximum atomic E-state index is 4.22. The molecule has 1 heterocycles. The van der Waals surface area contributed by atoms with Crippen molar-refractivity contribution in [2.75, 3.05) is 0 Å². The van der Waals surface area contributed by atoms with Crippen molar-refractivity contribution in [2.45, 2.75) is 39.3 Å². The van der Waals surface area contributed by atoms with Crippen molar-refractivity contribution in [3.8, 4) is 0 Å². The molecule has 1 atom stereocenters. The summed E-state index contributed by atoms with van der Waals surface area (Å²) >= 11 is 1.72. The molecule has 1 aromatic rings. The first-order valence-electron chi connectivity index (χ1n) is 4.97. The van der Waals surface area contributed by atoms with Crippen LogP contribution in [0, 0.1) is 6.92 Å². The number of hydrogen-bond acceptors (Lipinski definition) is 3. The van der Waals surface area contributed by atoms with Crippen LogP contribution in [-0.2, 0) is 6.54 Å². The van der Waals surface area contributed by atoms with Crippen molar-refractivity contribution in [3.63, 3.8) is 0 Å². The summed E-state index contributed by atoms with van der Waals surface area (Å²) in [6, 6.07) is 0.550. The van der Waals surface area contributed by atoms with Gasteiger partial charge in [0, 0.05) is 17.5 Å². The average molecular weight is 210 g/mol. The number of nitrogens with one attached hydrogen (secondary N) is 1. The maximum Gasteiger partial charge on any atom is 0.0798 e. The van der Waals surface area contributed by atoms with Gasteiger partial charge in [-0.2, -0.15) is 0 Å². The van der Waals surface area contributed by atoms with Crippen LogP contribution >= 0.6 is 11.3 Å². The lowest BCUT2D eigenvalue weighted by atomic mass is 10.2. The highest BCUT2D eigenvalue weighted by molar-refractivity contribution is 7.09. The number of hydrogen-bond donors (Lipinski definition) is 1. The van der Waals surface area contributed by atoms with E-state index in [1.54, 1.807) is 11.3 Å². The minimum absolute atomic E-state index is 0.550. The van der Waals surface area contributed by atoms with E-state index in [1.807, 2.05) is 11.6 Å². The molecule has 0 amide bonds. The number of thiazole rings is 1.